The van der Waals surface area contributed by atoms with Crippen LogP contribution in [0.25, 0.3) is 0 Å². The molecule has 0 atom stereocenters. The summed E-state index contributed by atoms with van der Waals surface area (Å²) in [6.07, 6.45) is 2.52. The number of nitrogens with one attached hydrogen (secondary N) is 2. The van der Waals surface area contributed by atoms with Gasteiger partial charge in [0.1, 0.15) is 0 Å². The van der Waals surface area contributed by atoms with E-state index in [1.54, 1.807) is 0 Å². The van der Waals surface area contributed by atoms with Gasteiger partial charge in [0.25, 0.3) is 22.9 Å². The van der Waals surface area contributed by atoms with Crippen LogP contribution in [0.2, 0.25) is 0 Å². The van der Waals surface area contributed by atoms with Gasteiger partial charge in [0.05, 0.1) is 11.4 Å². The Hall–Kier alpha value is -4.08. The summed E-state index contributed by atoms with van der Waals surface area (Å²) in [5, 5.41) is 20.2. The van der Waals surface area contributed by atoms with Gasteiger partial charge in [0, 0.05) is 36.6 Å². The largest absolute Gasteiger partial charge is 0.502 e. The summed E-state index contributed by atoms with van der Waals surface area (Å²) in [4.78, 5) is 55.6. The zero-order chi connectivity index (χ0) is 22.6. The lowest BCUT2D eigenvalue weighted by atomic mass is 10.2. The van der Waals surface area contributed by atoms with Crippen LogP contribution in [-0.4, -0.2) is 45.1 Å². The molecular formula is C20H22N4O6. The molecule has 0 aliphatic rings. The lowest BCUT2D eigenvalue weighted by molar-refractivity contribution is -0.116. The molecule has 2 heterocycles. The van der Waals surface area contributed by atoms with Crippen molar-refractivity contribution >= 4 is 23.2 Å². The van der Waals surface area contributed by atoms with E-state index in [2.05, 4.69) is 23.1 Å². The van der Waals surface area contributed by atoms with Crippen molar-refractivity contribution in [3.63, 3.8) is 0 Å². The van der Waals surface area contributed by atoms with E-state index in [0.717, 1.165) is 9.80 Å². The van der Waals surface area contributed by atoms with Gasteiger partial charge >= 0.3 is 0 Å². The highest BCUT2D eigenvalue weighted by Crippen LogP contribution is 2.26. The first-order chi connectivity index (χ1) is 14.1. The van der Waals surface area contributed by atoms with Crippen LogP contribution in [0.15, 0.2) is 58.4 Å². The molecule has 2 aromatic heterocycles. The van der Waals surface area contributed by atoms with Gasteiger partial charge in [-0.15, -0.1) is 0 Å². The molecule has 2 rings (SSSR count). The molecule has 30 heavy (non-hydrogen) atoms. The van der Waals surface area contributed by atoms with Gasteiger partial charge in [-0.3, -0.25) is 19.2 Å². The lowest BCUT2D eigenvalue weighted by Crippen LogP contribution is -2.42. The summed E-state index contributed by atoms with van der Waals surface area (Å²) in [6.45, 7) is 9.72. The highest BCUT2D eigenvalue weighted by molar-refractivity contribution is 6.07. The molecule has 0 unspecified atom stereocenters. The molecule has 0 radical (unpaired) electrons. The Morgan fingerprint density at radius 1 is 0.833 bits per heavy atom. The molecular weight excluding hydrogens is 392 g/mol. The summed E-state index contributed by atoms with van der Waals surface area (Å²) >= 11 is 0. The lowest BCUT2D eigenvalue weighted by Gasteiger charge is -2.28. The number of carbonyl (C=O) groups is 2. The van der Waals surface area contributed by atoms with E-state index in [1.165, 1.54) is 38.4 Å². The van der Waals surface area contributed by atoms with Crippen molar-refractivity contribution in [2.75, 3.05) is 22.9 Å². The fraction of sp³-hybridized carbons (Fsp3) is 0.200. The molecule has 0 aromatic carbocycles. The Morgan fingerprint density at radius 2 is 1.17 bits per heavy atom. The van der Waals surface area contributed by atoms with Crippen molar-refractivity contribution in [2.45, 2.75) is 13.8 Å². The number of amides is 2. The third kappa shape index (κ3) is 4.49. The van der Waals surface area contributed by atoms with Gasteiger partial charge in [0.15, 0.2) is 0 Å². The molecule has 0 aliphatic carbocycles. The minimum atomic E-state index is -0.797. The summed E-state index contributed by atoms with van der Waals surface area (Å²) in [7, 11) is 0. The van der Waals surface area contributed by atoms with Crippen LogP contribution < -0.4 is 20.9 Å². The predicted octanol–water partition coefficient (Wildman–Crippen LogP) is 0.993. The van der Waals surface area contributed by atoms with E-state index in [0.29, 0.717) is 0 Å². The second-order valence-corrected chi connectivity index (χ2v) is 6.56. The number of pyridine rings is 2. The average Bonchev–Trinajstić information content (AvgIpc) is 2.69. The molecule has 0 fully saturated rings. The van der Waals surface area contributed by atoms with Crippen molar-refractivity contribution in [3.8, 4) is 11.5 Å². The molecule has 10 heteroatoms. The van der Waals surface area contributed by atoms with Crippen LogP contribution in [0.5, 0.6) is 11.5 Å². The van der Waals surface area contributed by atoms with Crippen LogP contribution in [0.4, 0.5) is 11.4 Å². The molecule has 4 N–H and O–H groups in total. The smallest absolute Gasteiger partial charge is 0.292 e. The number of rotatable bonds is 7. The molecule has 10 nitrogen and oxygen atoms in total. The minimum Gasteiger partial charge on any atom is -0.502 e. The molecule has 158 valence electrons. The second-order valence-electron chi connectivity index (χ2n) is 6.56. The zero-order valence-corrected chi connectivity index (χ0v) is 16.6. The fourth-order valence-corrected chi connectivity index (χ4v) is 2.68. The molecule has 2 aromatic rings. The molecule has 2 amide bonds. The number of hydrogen-bond donors (Lipinski definition) is 4. The van der Waals surface area contributed by atoms with E-state index in [1.807, 2.05) is 0 Å². The van der Waals surface area contributed by atoms with Crippen LogP contribution >= 0.6 is 0 Å². The Balaban J connectivity index is 2.49. The molecule has 0 aliphatic heterocycles. The van der Waals surface area contributed by atoms with Gasteiger partial charge in [-0.05, 0) is 26.0 Å². The summed E-state index contributed by atoms with van der Waals surface area (Å²) in [5.41, 5.74) is -1.49. The second kappa shape index (κ2) is 8.95. The number of aromatic hydroxyl groups is 2. The molecule has 0 spiro atoms. The Labute approximate surface area is 171 Å². The normalized spacial score (nSPS) is 10.3. The molecule has 0 saturated heterocycles. The first-order valence-corrected chi connectivity index (χ1v) is 8.82. The standard InChI is InChI=1S/C20H22N4O6/c1-11(2)19(29)23(13-5-7-21-17(27)15(13)25)9-10-24(20(30)12(3)4)14-6-8-22-18(28)16(14)26/h5-8,25-26H,1,3,9-10H2,2,4H3,(H,21,27)(H,22,28). The number of hydrogen-bond acceptors (Lipinski definition) is 6. The van der Waals surface area contributed by atoms with E-state index in [4.69, 9.17) is 0 Å². The maximum atomic E-state index is 12.7. The van der Waals surface area contributed by atoms with Crippen LogP contribution in [0.1, 0.15) is 13.8 Å². The monoisotopic (exact) mass is 414 g/mol. The Morgan fingerprint density at radius 3 is 1.47 bits per heavy atom. The maximum absolute atomic E-state index is 12.7. The van der Waals surface area contributed by atoms with E-state index < -0.39 is 34.4 Å². The van der Waals surface area contributed by atoms with Gasteiger partial charge in [-0.1, -0.05) is 13.2 Å². The van der Waals surface area contributed by atoms with Crippen LogP contribution in [-0.2, 0) is 9.59 Å². The van der Waals surface area contributed by atoms with Crippen molar-refractivity contribution in [3.05, 3.63) is 69.5 Å². The topological polar surface area (TPSA) is 147 Å². The summed E-state index contributed by atoms with van der Waals surface area (Å²) in [6, 6.07) is 2.65. The molecule has 0 saturated carbocycles. The third-order valence-corrected chi connectivity index (χ3v) is 4.18. The van der Waals surface area contributed by atoms with Crippen molar-refractivity contribution in [2.24, 2.45) is 0 Å². The van der Waals surface area contributed by atoms with Gasteiger partial charge in [-0.2, -0.15) is 0 Å². The van der Waals surface area contributed by atoms with Crippen molar-refractivity contribution < 1.29 is 19.8 Å². The average molecular weight is 414 g/mol. The Bertz CT molecular complexity index is 1040. The number of nitrogens with zero attached hydrogens (tertiary/aromatic N) is 2. The number of aromatic nitrogens is 2. The first kappa shape index (κ1) is 22.2. The fourth-order valence-electron chi connectivity index (χ4n) is 2.68. The predicted molar refractivity (Wildman–Crippen MR) is 112 cm³/mol. The summed E-state index contributed by atoms with van der Waals surface area (Å²) < 4.78 is 0. The minimum absolute atomic E-state index is 0.0791. The van der Waals surface area contributed by atoms with Crippen molar-refractivity contribution in [1.29, 1.82) is 0 Å². The van der Waals surface area contributed by atoms with Gasteiger partial charge in [0.2, 0.25) is 11.5 Å². The Kier molecular flexibility index (Phi) is 6.62. The number of carbonyl (C=O) groups excluding carboxylic acids is 2. The highest BCUT2D eigenvalue weighted by atomic mass is 16.3. The quantitative estimate of drug-likeness (QED) is 0.497. The van der Waals surface area contributed by atoms with Gasteiger partial charge < -0.3 is 30.0 Å². The first-order valence-electron chi connectivity index (χ1n) is 8.82. The number of H-pyrrole nitrogens is 2. The van der Waals surface area contributed by atoms with Crippen molar-refractivity contribution in [1.82, 2.24) is 9.97 Å². The van der Waals surface area contributed by atoms with Gasteiger partial charge in [-0.25, -0.2) is 0 Å². The summed E-state index contributed by atoms with van der Waals surface area (Å²) in [5.74, 6) is -2.53. The van der Waals surface area contributed by atoms with E-state index in [9.17, 15) is 29.4 Å². The number of anilines is 2. The number of aromatic amines is 2. The van der Waals surface area contributed by atoms with E-state index >= 15 is 0 Å². The van der Waals surface area contributed by atoms with Crippen LogP contribution in [0.3, 0.4) is 0 Å². The SMILES string of the molecule is C=C(C)C(=O)N(CCN(C(=O)C(=C)C)c1cc[nH]c(=O)c1O)c1cc[nH]c(=O)c1O. The highest BCUT2D eigenvalue weighted by Gasteiger charge is 2.25. The van der Waals surface area contributed by atoms with Crippen LogP contribution in [0, 0.1) is 0 Å². The third-order valence-electron chi connectivity index (χ3n) is 4.18. The molecule has 0 bridgehead atoms. The maximum Gasteiger partial charge on any atom is 0.292 e. The van der Waals surface area contributed by atoms with E-state index in [-0.39, 0.29) is 35.6 Å². The zero-order valence-electron chi connectivity index (χ0n) is 16.6.